The third-order valence-electron chi connectivity index (χ3n) is 3.87. The average molecular weight is 320 g/mol. The van der Waals surface area contributed by atoms with Crippen LogP contribution in [0, 0.1) is 5.92 Å². The first kappa shape index (κ1) is 17.3. The van der Waals surface area contributed by atoms with Crippen molar-refractivity contribution in [3.8, 4) is 5.75 Å². The summed E-state index contributed by atoms with van der Waals surface area (Å²) in [5.41, 5.74) is 0.652. The lowest BCUT2D eigenvalue weighted by Crippen LogP contribution is -2.43. The van der Waals surface area contributed by atoms with Gasteiger partial charge in [-0.3, -0.25) is 14.5 Å². The van der Waals surface area contributed by atoms with Crippen LogP contribution in [0.3, 0.4) is 0 Å². The van der Waals surface area contributed by atoms with Gasteiger partial charge in [-0.2, -0.15) is 0 Å². The number of likely N-dealkylation sites (tertiary alicyclic amines) is 1. The van der Waals surface area contributed by atoms with E-state index in [1.54, 1.807) is 26.2 Å². The number of benzene rings is 1. The molecule has 23 heavy (non-hydrogen) atoms. The number of piperidine rings is 1. The molecule has 1 saturated heterocycles. The van der Waals surface area contributed by atoms with E-state index in [0.29, 0.717) is 24.6 Å². The number of rotatable bonds is 6. The first-order valence-corrected chi connectivity index (χ1v) is 7.96. The van der Waals surface area contributed by atoms with E-state index >= 15 is 0 Å². The van der Waals surface area contributed by atoms with E-state index in [9.17, 15) is 9.59 Å². The quantitative estimate of drug-likeness (QED) is 0.811. The van der Waals surface area contributed by atoms with Crippen molar-refractivity contribution >= 4 is 17.6 Å². The van der Waals surface area contributed by atoms with Crippen molar-refractivity contribution in [1.82, 2.24) is 4.90 Å². The van der Waals surface area contributed by atoms with Crippen molar-refractivity contribution in [1.29, 1.82) is 0 Å². The van der Waals surface area contributed by atoms with E-state index in [4.69, 9.17) is 9.47 Å². The minimum Gasteiger partial charge on any atom is -0.495 e. The van der Waals surface area contributed by atoms with Crippen molar-refractivity contribution in [2.75, 3.05) is 38.7 Å². The maximum absolute atomic E-state index is 12.2. The van der Waals surface area contributed by atoms with E-state index in [2.05, 4.69) is 5.32 Å². The number of carbonyl (C=O) groups is 2. The van der Waals surface area contributed by atoms with Crippen LogP contribution in [0.2, 0.25) is 0 Å². The van der Waals surface area contributed by atoms with Crippen LogP contribution in [0.25, 0.3) is 0 Å². The van der Waals surface area contributed by atoms with Gasteiger partial charge in [0.1, 0.15) is 5.75 Å². The number of nitrogens with zero attached hydrogens (tertiary/aromatic N) is 1. The summed E-state index contributed by atoms with van der Waals surface area (Å²) in [7, 11) is 1.57. The highest BCUT2D eigenvalue weighted by atomic mass is 16.5. The number of methoxy groups -OCH3 is 1. The number of esters is 1. The maximum Gasteiger partial charge on any atom is 0.310 e. The number of carbonyl (C=O) groups excluding carboxylic acids is 2. The van der Waals surface area contributed by atoms with Gasteiger partial charge in [-0.1, -0.05) is 12.1 Å². The van der Waals surface area contributed by atoms with E-state index in [-0.39, 0.29) is 24.3 Å². The Balaban J connectivity index is 1.88. The van der Waals surface area contributed by atoms with Crippen LogP contribution in [-0.2, 0) is 14.3 Å². The highest BCUT2D eigenvalue weighted by molar-refractivity contribution is 5.93. The predicted octanol–water partition coefficient (Wildman–Crippen LogP) is 1.91. The summed E-state index contributed by atoms with van der Waals surface area (Å²) in [4.78, 5) is 26.1. The molecule has 1 amide bonds. The zero-order valence-corrected chi connectivity index (χ0v) is 13.7. The normalized spacial score (nSPS) is 18.3. The van der Waals surface area contributed by atoms with Crippen molar-refractivity contribution in [3.63, 3.8) is 0 Å². The molecule has 1 aromatic carbocycles. The fourth-order valence-electron chi connectivity index (χ4n) is 2.79. The summed E-state index contributed by atoms with van der Waals surface area (Å²) in [5.74, 6) is 0.216. The molecule has 0 radical (unpaired) electrons. The van der Waals surface area contributed by atoms with Crippen molar-refractivity contribution in [2.24, 2.45) is 5.92 Å². The molecule has 1 N–H and O–H groups in total. The van der Waals surface area contributed by atoms with Gasteiger partial charge in [0.2, 0.25) is 5.91 Å². The van der Waals surface area contributed by atoms with Gasteiger partial charge in [0.05, 0.1) is 31.9 Å². The molecule has 2 rings (SSSR count). The molecule has 1 fully saturated rings. The summed E-state index contributed by atoms with van der Waals surface area (Å²) in [5, 5.41) is 2.86. The third-order valence-corrected chi connectivity index (χ3v) is 3.87. The molecule has 1 aliphatic heterocycles. The second-order valence-corrected chi connectivity index (χ2v) is 5.57. The van der Waals surface area contributed by atoms with Crippen molar-refractivity contribution in [3.05, 3.63) is 24.3 Å². The van der Waals surface area contributed by atoms with Gasteiger partial charge in [0.25, 0.3) is 0 Å². The molecule has 0 unspecified atom stereocenters. The summed E-state index contributed by atoms with van der Waals surface area (Å²) >= 11 is 0. The van der Waals surface area contributed by atoms with Crippen LogP contribution >= 0.6 is 0 Å². The number of ether oxygens (including phenoxy) is 2. The average Bonchev–Trinajstić information content (AvgIpc) is 2.55. The van der Waals surface area contributed by atoms with Crippen LogP contribution < -0.4 is 10.1 Å². The zero-order valence-electron chi connectivity index (χ0n) is 13.7. The van der Waals surface area contributed by atoms with Gasteiger partial charge in [0, 0.05) is 6.54 Å². The fourth-order valence-corrected chi connectivity index (χ4v) is 2.79. The molecule has 0 bridgehead atoms. The van der Waals surface area contributed by atoms with Crippen LogP contribution in [0.15, 0.2) is 24.3 Å². The smallest absolute Gasteiger partial charge is 0.310 e. The number of hydrogen-bond donors (Lipinski definition) is 1. The molecule has 0 spiro atoms. The Hall–Kier alpha value is -2.08. The van der Waals surface area contributed by atoms with Crippen molar-refractivity contribution in [2.45, 2.75) is 19.8 Å². The molecule has 0 aliphatic carbocycles. The molecule has 1 aromatic rings. The van der Waals surface area contributed by atoms with Gasteiger partial charge in [0.15, 0.2) is 0 Å². The molecule has 6 nitrogen and oxygen atoms in total. The lowest BCUT2D eigenvalue weighted by molar-refractivity contribution is -0.150. The van der Waals surface area contributed by atoms with Crippen LogP contribution in [0.1, 0.15) is 19.8 Å². The fraction of sp³-hybridized carbons (Fsp3) is 0.529. The second-order valence-electron chi connectivity index (χ2n) is 5.57. The minimum atomic E-state index is -0.165. The monoisotopic (exact) mass is 320 g/mol. The third kappa shape index (κ3) is 4.96. The van der Waals surface area contributed by atoms with E-state index in [1.165, 1.54) is 0 Å². The number of amides is 1. The lowest BCUT2D eigenvalue weighted by Gasteiger charge is -2.30. The van der Waals surface area contributed by atoms with Crippen LogP contribution in [-0.4, -0.2) is 50.1 Å². The van der Waals surface area contributed by atoms with E-state index in [1.807, 2.05) is 17.0 Å². The Morgan fingerprint density at radius 1 is 1.35 bits per heavy atom. The van der Waals surface area contributed by atoms with Gasteiger partial charge in [-0.15, -0.1) is 0 Å². The van der Waals surface area contributed by atoms with Crippen LogP contribution in [0.5, 0.6) is 5.75 Å². The highest BCUT2D eigenvalue weighted by Crippen LogP contribution is 2.23. The molecule has 1 aliphatic rings. The molecule has 0 saturated carbocycles. The van der Waals surface area contributed by atoms with E-state index in [0.717, 1.165) is 19.4 Å². The molecule has 1 atom stereocenters. The van der Waals surface area contributed by atoms with Gasteiger partial charge in [-0.05, 0) is 38.4 Å². The number of hydrogen-bond acceptors (Lipinski definition) is 5. The Labute approximate surface area is 136 Å². The summed E-state index contributed by atoms with van der Waals surface area (Å²) in [6.45, 7) is 3.84. The molecule has 6 heteroatoms. The summed E-state index contributed by atoms with van der Waals surface area (Å²) < 4.78 is 10.3. The van der Waals surface area contributed by atoms with Gasteiger partial charge >= 0.3 is 5.97 Å². The first-order chi connectivity index (χ1) is 11.1. The van der Waals surface area contributed by atoms with Gasteiger partial charge in [-0.25, -0.2) is 0 Å². The molecular formula is C17H24N2O4. The first-order valence-electron chi connectivity index (χ1n) is 7.96. The number of nitrogens with one attached hydrogen (secondary N) is 1. The second kappa shape index (κ2) is 8.53. The topological polar surface area (TPSA) is 67.9 Å². The largest absolute Gasteiger partial charge is 0.495 e. The molecule has 1 heterocycles. The molecule has 126 valence electrons. The number of para-hydroxylation sites is 2. The molecular weight excluding hydrogens is 296 g/mol. The van der Waals surface area contributed by atoms with E-state index < -0.39 is 0 Å². The van der Waals surface area contributed by atoms with Gasteiger partial charge < -0.3 is 14.8 Å². The van der Waals surface area contributed by atoms with Crippen molar-refractivity contribution < 1.29 is 19.1 Å². The standard InChI is InChI=1S/C17H24N2O4/c1-3-23-17(21)13-7-6-10-19(11-13)12-16(20)18-14-8-4-5-9-15(14)22-2/h4-5,8-9,13H,3,6-7,10-12H2,1-2H3,(H,18,20)/t13-/m1/s1. The highest BCUT2D eigenvalue weighted by Gasteiger charge is 2.27. The SMILES string of the molecule is CCOC(=O)[C@@H]1CCCN(CC(=O)Nc2ccccc2OC)C1. The zero-order chi connectivity index (χ0) is 16.7. The Morgan fingerprint density at radius 2 is 2.13 bits per heavy atom. The lowest BCUT2D eigenvalue weighted by atomic mass is 9.98. The Morgan fingerprint density at radius 3 is 2.87 bits per heavy atom. The predicted molar refractivity (Wildman–Crippen MR) is 87.4 cm³/mol. The van der Waals surface area contributed by atoms with Crippen LogP contribution in [0.4, 0.5) is 5.69 Å². The Bertz CT molecular complexity index is 547. The Kier molecular flexibility index (Phi) is 6.40. The minimum absolute atomic E-state index is 0.112. The summed E-state index contributed by atoms with van der Waals surface area (Å²) in [6, 6.07) is 7.29. The molecule has 0 aromatic heterocycles. The number of anilines is 1. The maximum atomic E-state index is 12.2. The summed E-state index contributed by atoms with van der Waals surface area (Å²) in [6.07, 6.45) is 1.72.